The Morgan fingerprint density at radius 1 is 1.42 bits per heavy atom. The van der Waals surface area contributed by atoms with Crippen molar-refractivity contribution < 1.29 is 9.47 Å². The highest BCUT2D eigenvalue weighted by Crippen LogP contribution is 2.42. The van der Waals surface area contributed by atoms with Gasteiger partial charge in [-0.1, -0.05) is 13.3 Å². The first-order valence-corrected chi connectivity index (χ1v) is 5.11. The Bertz CT molecular complexity index is 161. The number of hydrogen-bond donors (Lipinski definition) is 0. The van der Waals surface area contributed by atoms with Crippen LogP contribution in [0.5, 0.6) is 0 Å². The highest BCUT2D eigenvalue weighted by Gasteiger charge is 2.47. The molecule has 0 amide bonds. The molecule has 0 aliphatic carbocycles. The molecule has 0 aromatic rings. The zero-order valence-corrected chi connectivity index (χ0v) is 8.01. The molecule has 2 bridgehead atoms. The van der Waals surface area contributed by atoms with Crippen molar-refractivity contribution in [2.75, 3.05) is 0 Å². The predicted octanol–water partition coefficient (Wildman–Crippen LogP) is 2.47. The Kier molecular flexibility index (Phi) is 2.13. The van der Waals surface area contributed by atoms with Crippen LogP contribution in [0.15, 0.2) is 0 Å². The summed E-state index contributed by atoms with van der Waals surface area (Å²) in [6.07, 6.45) is 6.47. The quantitative estimate of drug-likeness (QED) is 0.634. The fraction of sp³-hybridized carbons (Fsp3) is 1.00. The van der Waals surface area contributed by atoms with Crippen molar-refractivity contribution in [2.24, 2.45) is 0 Å². The second-order valence-electron chi connectivity index (χ2n) is 4.03. The Labute approximate surface area is 74.2 Å². The van der Waals surface area contributed by atoms with E-state index in [2.05, 4.69) is 13.8 Å². The van der Waals surface area contributed by atoms with Gasteiger partial charge in [0.15, 0.2) is 5.79 Å². The van der Waals surface area contributed by atoms with Gasteiger partial charge in [-0.3, -0.25) is 0 Å². The van der Waals surface area contributed by atoms with Crippen LogP contribution in [0.4, 0.5) is 0 Å². The van der Waals surface area contributed by atoms with Crippen molar-refractivity contribution >= 4 is 0 Å². The monoisotopic (exact) mass is 170 g/mol. The summed E-state index contributed by atoms with van der Waals surface area (Å²) in [5.41, 5.74) is 0. The first kappa shape index (κ1) is 8.52. The highest BCUT2D eigenvalue weighted by atomic mass is 16.8. The normalized spacial score (nSPS) is 46.5. The van der Waals surface area contributed by atoms with E-state index in [0.717, 1.165) is 19.3 Å². The Morgan fingerprint density at radius 2 is 2.25 bits per heavy atom. The van der Waals surface area contributed by atoms with Crippen LogP contribution in [0.1, 0.15) is 46.0 Å². The van der Waals surface area contributed by atoms with E-state index in [4.69, 9.17) is 9.47 Å². The second kappa shape index (κ2) is 3.00. The maximum Gasteiger partial charge on any atom is 0.169 e. The van der Waals surface area contributed by atoms with Crippen molar-refractivity contribution in [2.45, 2.75) is 63.9 Å². The molecule has 2 saturated heterocycles. The average Bonchev–Trinajstić information content (AvgIpc) is 2.24. The Balaban J connectivity index is 2.07. The van der Waals surface area contributed by atoms with E-state index in [1.807, 2.05) is 0 Å². The van der Waals surface area contributed by atoms with Crippen LogP contribution in [0.3, 0.4) is 0 Å². The number of rotatable bonds is 2. The van der Waals surface area contributed by atoms with Crippen molar-refractivity contribution in [1.82, 2.24) is 0 Å². The van der Waals surface area contributed by atoms with Gasteiger partial charge in [-0.05, 0) is 19.8 Å². The molecule has 2 aliphatic heterocycles. The smallest absolute Gasteiger partial charge is 0.169 e. The summed E-state index contributed by atoms with van der Waals surface area (Å²) in [6, 6.07) is 0. The first-order valence-electron chi connectivity index (χ1n) is 5.11. The summed E-state index contributed by atoms with van der Waals surface area (Å²) in [6.45, 7) is 4.32. The van der Waals surface area contributed by atoms with Crippen LogP contribution in [0.25, 0.3) is 0 Å². The summed E-state index contributed by atoms with van der Waals surface area (Å²) in [5, 5.41) is 0. The van der Waals surface area contributed by atoms with Crippen LogP contribution in [0, 0.1) is 0 Å². The molecule has 0 N–H and O–H groups in total. The van der Waals surface area contributed by atoms with Crippen LogP contribution in [-0.4, -0.2) is 18.0 Å². The molecule has 2 aliphatic rings. The summed E-state index contributed by atoms with van der Waals surface area (Å²) < 4.78 is 11.8. The molecule has 0 aromatic carbocycles. The summed E-state index contributed by atoms with van der Waals surface area (Å²) >= 11 is 0. The molecule has 2 heterocycles. The van der Waals surface area contributed by atoms with Gasteiger partial charge in [-0.2, -0.15) is 0 Å². The molecule has 2 nitrogen and oxygen atoms in total. The summed E-state index contributed by atoms with van der Waals surface area (Å²) in [7, 11) is 0. The summed E-state index contributed by atoms with van der Waals surface area (Å²) in [5.74, 6) is -0.183. The largest absolute Gasteiger partial charge is 0.344 e. The van der Waals surface area contributed by atoms with Gasteiger partial charge in [0.25, 0.3) is 0 Å². The lowest BCUT2D eigenvalue weighted by molar-refractivity contribution is -0.196. The van der Waals surface area contributed by atoms with E-state index in [1.165, 1.54) is 12.8 Å². The van der Waals surface area contributed by atoms with E-state index in [1.54, 1.807) is 0 Å². The molecule has 0 unspecified atom stereocenters. The average molecular weight is 170 g/mol. The van der Waals surface area contributed by atoms with Crippen LogP contribution in [-0.2, 0) is 9.47 Å². The van der Waals surface area contributed by atoms with Gasteiger partial charge in [0.1, 0.15) is 0 Å². The standard InChI is InChI=1S/C10H18O2/c1-3-6-10-7-4-5-9(12-10)8(2)11-10/h8-9H,3-7H2,1-2H3/t8-,9-,10+/m0/s1. The predicted molar refractivity (Wildman–Crippen MR) is 46.9 cm³/mol. The summed E-state index contributed by atoms with van der Waals surface area (Å²) in [4.78, 5) is 0. The molecule has 0 aromatic heterocycles. The van der Waals surface area contributed by atoms with Gasteiger partial charge in [0, 0.05) is 12.8 Å². The lowest BCUT2D eigenvalue weighted by Crippen LogP contribution is -2.33. The van der Waals surface area contributed by atoms with E-state index >= 15 is 0 Å². The third-order valence-electron chi connectivity index (χ3n) is 2.97. The molecule has 2 rings (SSSR count). The molecule has 0 spiro atoms. The zero-order valence-electron chi connectivity index (χ0n) is 8.01. The fourth-order valence-electron chi connectivity index (χ4n) is 2.42. The molecule has 2 heteroatoms. The lowest BCUT2D eigenvalue weighted by atomic mass is 9.99. The molecule has 0 saturated carbocycles. The van der Waals surface area contributed by atoms with Crippen molar-refractivity contribution in [3.8, 4) is 0 Å². The maximum atomic E-state index is 5.92. The number of ether oxygens (including phenoxy) is 2. The van der Waals surface area contributed by atoms with Crippen molar-refractivity contribution in [3.05, 3.63) is 0 Å². The minimum Gasteiger partial charge on any atom is -0.344 e. The van der Waals surface area contributed by atoms with E-state index in [9.17, 15) is 0 Å². The molecular weight excluding hydrogens is 152 g/mol. The fourth-order valence-corrected chi connectivity index (χ4v) is 2.42. The number of fused-ring (bicyclic) bond motifs is 2. The topological polar surface area (TPSA) is 18.5 Å². The molecular formula is C10H18O2. The highest BCUT2D eigenvalue weighted by molar-refractivity contribution is 4.88. The maximum absolute atomic E-state index is 5.92. The van der Waals surface area contributed by atoms with E-state index in [0.29, 0.717) is 12.2 Å². The van der Waals surface area contributed by atoms with Gasteiger partial charge < -0.3 is 9.47 Å². The van der Waals surface area contributed by atoms with Crippen LogP contribution >= 0.6 is 0 Å². The van der Waals surface area contributed by atoms with E-state index < -0.39 is 0 Å². The van der Waals surface area contributed by atoms with Crippen molar-refractivity contribution in [1.29, 1.82) is 0 Å². The molecule has 0 radical (unpaired) electrons. The van der Waals surface area contributed by atoms with Gasteiger partial charge in [0.2, 0.25) is 0 Å². The van der Waals surface area contributed by atoms with Crippen molar-refractivity contribution in [3.63, 3.8) is 0 Å². The van der Waals surface area contributed by atoms with Gasteiger partial charge in [-0.25, -0.2) is 0 Å². The van der Waals surface area contributed by atoms with Gasteiger partial charge >= 0.3 is 0 Å². The molecule has 3 atom stereocenters. The lowest BCUT2D eigenvalue weighted by Gasteiger charge is -2.31. The first-order chi connectivity index (χ1) is 5.76. The third-order valence-corrected chi connectivity index (χ3v) is 2.97. The second-order valence-corrected chi connectivity index (χ2v) is 4.03. The van der Waals surface area contributed by atoms with Gasteiger partial charge in [-0.15, -0.1) is 0 Å². The Morgan fingerprint density at radius 3 is 3.00 bits per heavy atom. The SMILES string of the molecule is CCC[C@]12CCC[C@H](O1)[C@H](C)O2. The minimum absolute atomic E-state index is 0.183. The van der Waals surface area contributed by atoms with Gasteiger partial charge in [0.05, 0.1) is 12.2 Å². The van der Waals surface area contributed by atoms with Crippen LogP contribution in [0.2, 0.25) is 0 Å². The Hall–Kier alpha value is -0.0800. The van der Waals surface area contributed by atoms with Crippen LogP contribution < -0.4 is 0 Å². The molecule has 70 valence electrons. The number of hydrogen-bond acceptors (Lipinski definition) is 2. The molecule has 12 heavy (non-hydrogen) atoms. The van der Waals surface area contributed by atoms with E-state index in [-0.39, 0.29) is 5.79 Å². The minimum atomic E-state index is -0.183. The third kappa shape index (κ3) is 1.27. The molecule has 2 fully saturated rings. The zero-order chi connectivity index (χ0) is 8.60.